The van der Waals surface area contributed by atoms with E-state index in [4.69, 9.17) is 5.84 Å². The van der Waals surface area contributed by atoms with Crippen LogP contribution in [0.15, 0.2) is 16.2 Å². The highest BCUT2D eigenvalue weighted by Crippen LogP contribution is 2.19. The van der Waals surface area contributed by atoms with Crippen LogP contribution in [0.4, 0.5) is 5.82 Å². The van der Waals surface area contributed by atoms with Crippen LogP contribution >= 0.6 is 23.5 Å². The minimum absolute atomic E-state index is 0.652. The van der Waals surface area contributed by atoms with Gasteiger partial charge in [-0.1, -0.05) is 11.8 Å². The zero-order valence-corrected chi connectivity index (χ0v) is 8.50. The highest BCUT2D eigenvalue weighted by Gasteiger charge is 2.00. The molecule has 0 spiro atoms. The van der Waals surface area contributed by atoms with Crippen LogP contribution in [0.2, 0.25) is 0 Å². The van der Waals surface area contributed by atoms with Crippen molar-refractivity contribution in [2.75, 3.05) is 17.9 Å². The second kappa shape index (κ2) is 4.54. The van der Waals surface area contributed by atoms with Crippen molar-refractivity contribution in [1.29, 1.82) is 0 Å². The van der Waals surface area contributed by atoms with Gasteiger partial charge in [0.05, 0.1) is 0 Å². The molecule has 0 aliphatic heterocycles. The van der Waals surface area contributed by atoms with E-state index in [1.165, 1.54) is 11.8 Å². The van der Waals surface area contributed by atoms with Gasteiger partial charge in [-0.2, -0.15) is 0 Å². The number of nitrogen functional groups attached to an aromatic ring is 1. The summed E-state index contributed by atoms with van der Waals surface area (Å²) in [5, 5.41) is 1.65. The summed E-state index contributed by atoms with van der Waals surface area (Å²) in [4.78, 5) is 8.36. The summed E-state index contributed by atoms with van der Waals surface area (Å²) in [6, 6.07) is 1.81. The topological polar surface area (TPSA) is 63.8 Å². The maximum absolute atomic E-state index is 5.24. The summed E-state index contributed by atoms with van der Waals surface area (Å²) in [7, 11) is 0. The first-order chi connectivity index (χ1) is 5.80. The normalized spacial score (nSPS) is 9.92. The average Bonchev–Trinajstić information content (AvgIpc) is 2.16. The summed E-state index contributed by atoms with van der Waals surface area (Å²) in [5.41, 5.74) is 2.50. The number of nitrogens with one attached hydrogen (secondary N) is 1. The molecule has 0 fully saturated rings. The summed E-state index contributed by atoms with van der Waals surface area (Å²) in [6.07, 6.45) is 3.90. The fourth-order valence-corrected chi connectivity index (χ4v) is 1.52. The van der Waals surface area contributed by atoms with E-state index >= 15 is 0 Å². The second-order valence-corrected chi connectivity index (χ2v) is 3.53. The van der Waals surface area contributed by atoms with Crippen LogP contribution in [0.3, 0.4) is 0 Å². The van der Waals surface area contributed by atoms with Crippen molar-refractivity contribution in [2.45, 2.75) is 10.2 Å². The van der Waals surface area contributed by atoms with Crippen molar-refractivity contribution in [1.82, 2.24) is 9.97 Å². The Kier molecular flexibility index (Phi) is 3.64. The van der Waals surface area contributed by atoms with Gasteiger partial charge >= 0.3 is 0 Å². The molecule has 0 saturated heterocycles. The fraction of sp³-hybridized carbons (Fsp3) is 0.333. The molecule has 3 N–H and O–H groups in total. The Hall–Kier alpha value is -0.460. The number of hydrazine groups is 1. The molecule has 0 radical (unpaired) electrons. The van der Waals surface area contributed by atoms with Crippen LogP contribution < -0.4 is 11.3 Å². The summed E-state index contributed by atoms with van der Waals surface area (Å²) in [5.74, 6) is 5.89. The lowest BCUT2D eigenvalue weighted by atomic mass is 10.6. The number of nitrogens with two attached hydrogens (primary N) is 1. The van der Waals surface area contributed by atoms with E-state index in [9.17, 15) is 0 Å². The maximum atomic E-state index is 5.24. The first-order valence-electron chi connectivity index (χ1n) is 3.24. The minimum Gasteiger partial charge on any atom is -0.308 e. The van der Waals surface area contributed by atoms with E-state index < -0.39 is 0 Å². The van der Waals surface area contributed by atoms with Gasteiger partial charge in [0.1, 0.15) is 10.8 Å². The van der Waals surface area contributed by atoms with Gasteiger partial charge in [0.2, 0.25) is 0 Å². The standard InChI is InChI=1S/C6H10N4S2/c1-11-5-3-4(10-7)8-6(9-5)12-2/h3H,7H2,1-2H3,(H,8,9,10). The lowest BCUT2D eigenvalue weighted by Crippen LogP contribution is -2.09. The van der Waals surface area contributed by atoms with E-state index in [0.717, 1.165) is 10.2 Å². The van der Waals surface area contributed by atoms with Crippen molar-refractivity contribution in [2.24, 2.45) is 5.84 Å². The Morgan fingerprint density at radius 2 is 2.08 bits per heavy atom. The van der Waals surface area contributed by atoms with Gasteiger partial charge in [0.15, 0.2) is 5.16 Å². The fourth-order valence-electron chi connectivity index (χ4n) is 0.674. The number of thioether (sulfide) groups is 2. The first kappa shape index (κ1) is 9.63. The third kappa shape index (κ3) is 2.26. The predicted octanol–water partition coefficient (Wildman–Crippen LogP) is 1.21. The van der Waals surface area contributed by atoms with Crippen molar-refractivity contribution >= 4 is 29.3 Å². The smallest absolute Gasteiger partial charge is 0.190 e. The molecule has 0 aliphatic carbocycles. The summed E-state index contributed by atoms with van der Waals surface area (Å²) in [6.45, 7) is 0. The lowest BCUT2D eigenvalue weighted by molar-refractivity contribution is 0.894. The molecule has 0 aromatic carbocycles. The molecular formula is C6H10N4S2. The molecule has 0 bridgehead atoms. The molecule has 0 aliphatic rings. The minimum atomic E-state index is 0.652. The van der Waals surface area contributed by atoms with Gasteiger partial charge in [0.25, 0.3) is 0 Å². The van der Waals surface area contributed by atoms with Crippen LogP contribution in [0.5, 0.6) is 0 Å². The quantitative estimate of drug-likeness (QED) is 0.252. The lowest BCUT2D eigenvalue weighted by Gasteiger charge is -2.03. The van der Waals surface area contributed by atoms with Crippen molar-refractivity contribution in [3.8, 4) is 0 Å². The molecule has 1 heterocycles. The number of nitrogens with zero attached hydrogens (tertiary/aromatic N) is 2. The summed E-state index contributed by atoms with van der Waals surface area (Å²) >= 11 is 3.06. The van der Waals surface area contributed by atoms with Gasteiger partial charge in [-0.3, -0.25) is 0 Å². The van der Waals surface area contributed by atoms with Gasteiger partial charge < -0.3 is 5.43 Å². The molecule has 4 nitrogen and oxygen atoms in total. The van der Waals surface area contributed by atoms with Crippen LogP contribution in [0.25, 0.3) is 0 Å². The molecule has 0 atom stereocenters. The van der Waals surface area contributed by atoms with E-state index in [0.29, 0.717) is 5.82 Å². The molecule has 66 valence electrons. The average molecular weight is 202 g/mol. The molecule has 0 saturated carbocycles. The SMILES string of the molecule is CSc1cc(NN)nc(SC)n1. The van der Waals surface area contributed by atoms with Crippen LogP contribution in [-0.4, -0.2) is 22.5 Å². The van der Waals surface area contributed by atoms with Gasteiger partial charge in [-0.05, 0) is 12.5 Å². The van der Waals surface area contributed by atoms with Gasteiger partial charge in [-0.25, -0.2) is 15.8 Å². The van der Waals surface area contributed by atoms with E-state index in [2.05, 4.69) is 15.4 Å². The number of rotatable bonds is 3. The van der Waals surface area contributed by atoms with Crippen LogP contribution in [0, 0.1) is 0 Å². The Morgan fingerprint density at radius 3 is 2.58 bits per heavy atom. The van der Waals surface area contributed by atoms with Crippen LogP contribution in [-0.2, 0) is 0 Å². The third-order valence-electron chi connectivity index (χ3n) is 1.22. The molecule has 12 heavy (non-hydrogen) atoms. The second-order valence-electron chi connectivity index (χ2n) is 1.93. The molecule has 1 aromatic heterocycles. The zero-order chi connectivity index (χ0) is 8.97. The Bertz CT molecular complexity index is 210. The number of hydrogen-bond acceptors (Lipinski definition) is 6. The zero-order valence-electron chi connectivity index (χ0n) is 6.87. The molecular weight excluding hydrogens is 192 g/mol. The Balaban J connectivity index is 3.01. The number of anilines is 1. The maximum Gasteiger partial charge on any atom is 0.190 e. The van der Waals surface area contributed by atoms with Gasteiger partial charge in [-0.15, -0.1) is 11.8 Å². The third-order valence-corrected chi connectivity index (χ3v) is 2.40. The number of aromatic nitrogens is 2. The Morgan fingerprint density at radius 1 is 1.33 bits per heavy atom. The first-order valence-corrected chi connectivity index (χ1v) is 5.68. The number of hydrogen-bond donors (Lipinski definition) is 2. The molecule has 0 amide bonds. The van der Waals surface area contributed by atoms with Crippen molar-refractivity contribution < 1.29 is 0 Å². The highest BCUT2D eigenvalue weighted by molar-refractivity contribution is 7.99. The highest BCUT2D eigenvalue weighted by atomic mass is 32.2. The van der Waals surface area contributed by atoms with Crippen molar-refractivity contribution in [3.05, 3.63) is 6.07 Å². The van der Waals surface area contributed by atoms with Crippen LogP contribution in [0.1, 0.15) is 0 Å². The monoisotopic (exact) mass is 202 g/mol. The molecule has 0 unspecified atom stereocenters. The molecule has 1 aromatic rings. The van der Waals surface area contributed by atoms with Gasteiger partial charge in [0, 0.05) is 6.07 Å². The van der Waals surface area contributed by atoms with E-state index in [-0.39, 0.29) is 0 Å². The predicted molar refractivity (Wildman–Crippen MR) is 53.4 cm³/mol. The van der Waals surface area contributed by atoms with E-state index in [1.807, 2.05) is 18.6 Å². The molecule has 6 heteroatoms. The Labute approximate surface area is 79.7 Å². The van der Waals surface area contributed by atoms with E-state index in [1.54, 1.807) is 11.8 Å². The largest absolute Gasteiger partial charge is 0.308 e. The molecule has 1 rings (SSSR count). The van der Waals surface area contributed by atoms with Crippen molar-refractivity contribution in [3.63, 3.8) is 0 Å². The summed E-state index contributed by atoms with van der Waals surface area (Å²) < 4.78 is 0.